The number of amides is 2. The molecule has 142 valence electrons. The van der Waals surface area contributed by atoms with Crippen LogP contribution in [0.15, 0.2) is 24.3 Å². The Morgan fingerprint density at radius 3 is 2.35 bits per heavy atom. The summed E-state index contributed by atoms with van der Waals surface area (Å²) in [4.78, 5) is 28.6. The molecule has 0 aromatic heterocycles. The summed E-state index contributed by atoms with van der Waals surface area (Å²) in [6, 6.07) is 6.41. The summed E-state index contributed by atoms with van der Waals surface area (Å²) in [7, 11) is -1.39. The molecule has 1 aromatic rings. The van der Waals surface area contributed by atoms with Crippen molar-refractivity contribution in [1.82, 2.24) is 9.80 Å². The van der Waals surface area contributed by atoms with Gasteiger partial charge in [0.2, 0.25) is 0 Å². The van der Waals surface area contributed by atoms with E-state index >= 15 is 0 Å². The molecule has 0 saturated carbocycles. The molecule has 0 aliphatic carbocycles. The van der Waals surface area contributed by atoms with Gasteiger partial charge in [0, 0.05) is 37.3 Å². The quantitative estimate of drug-likeness (QED) is 0.804. The number of piperidine rings is 1. The number of hydrogen-bond acceptors (Lipinski definition) is 4. The standard InChI is InChI=1S/C19H26N2O4S/c1-14-4-3-10-21(12-14)19(23)16-7-5-15(6-8-16)18(22)20(2)17-9-11-26(24,25)13-17/h5-8,14,17H,3-4,9-13H2,1-2H3. The molecule has 2 atom stereocenters. The zero-order valence-electron chi connectivity index (χ0n) is 15.3. The predicted octanol–water partition coefficient (Wildman–Crippen LogP) is 1.82. The molecule has 2 heterocycles. The van der Waals surface area contributed by atoms with Gasteiger partial charge in [-0.25, -0.2) is 8.42 Å². The van der Waals surface area contributed by atoms with Gasteiger partial charge in [-0.05, 0) is 49.4 Å². The number of hydrogen-bond donors (Lipinski definition) is 0. The molecule has 2 aliphatic heterocycles. The molecule has 26 heavy (non-hydrogen) atoms. The summed E-state index contributed by atoms with van der Waals surface area (Å²) in [6.45, 7) is 3.71. The van der Waals surface area contributed by atoms with Gasteiger partial charge in [-0.15, -0.1) is 0 Å². The van der Waals surface area contributed by atoms with E-state index in [1.54, 1.807) is 31.3 Å². The maximum Gasteiger partial charge on any atom is 0.253 e. The normalized spacial score (nSPS) is 25.1. The van der Waals surface area contributed by atoms with Crippen LogP contribution in [-0.2, 0) is 9.84 Å². The first kappa shape index (κ1) is 18.9. The van der Waals surface area contributed by atoms with Crippen molar-refractivity contribution in [3.05, 3.63) is 35.4 Å². The highest BCUT2D eigenvalue weighted by Crippen LogP contribution is 2.20. The minimum Gasteiger partial charge on any atom is -0.338 e. The molecule has 0 N–H and O–H groups in total. The van der Waals surface area contributed by atoms with Crippen LogP contribution in [-0.4, -0.2) is 67.7 Å². The third-order valence-electron chi connectivity index (χ3n) is 5.40. The lowest BCUT2D eigenvalue weighted by Gasteiger charge is -2.31. The van der Waals surface area contributed by atoms with E-state index in [1.165, 1.54) is 4.90 Å². The molecule has 7 heteroatoms. The van der Waals surface area contributed by atoms with E-state index in [9.17, 15) is 18.0 Å². The number of sulfone groups is 1. The van der Waals surface area contributed by atoms with Gasteiger partial charge in [-0.1, -0.05) is 6.92 Å². The zero-order valence-corrected chi connectivity index (χ0v) is 16.2. The van der Waals surface area contributed by atoms with E-state index in [0.717, 1.165) is 25.9 Å². The molecule has 2 saturated heterocycles. The van der Waals surface area contributed by atoms with E-state index in [4.69, 9.17) is 0 Å². The van der Waals surface area contributed by atoms with Crippen molar-refractivity contribution in [2.45, 2.75) is 32.2 Å². The lowest BCUT2D eigenvalue weighted by Crippen LogP contribution is -2.39. The second-order valence-corrected chi connectivity index (χ2v) is 9.78. The SMILES string of the molecule is CC1CCCN(C(=O)c2ccc(C(=O)N(C)C3CCS(=O)(=O)C3)cc2)C1. The van der Waals surface area contributed by atoms with Gasteiger partial charge in [0.15, 0.2) is 9.84 Å². The van der Waals surface area contributed by atoms with Crippen molar-refractivity contribution in [3.63, 3.8) is 0 Å². The summed E-state index contributed by atoms with van der Waals surface area (Å²) >= 11 is 0. The Morgan fingerprint density at radius 1 is 1.12 bits per heavy atom. The molecule has 2 aliphatic rings. The number of carbonyl (C=O) groups excluding carboxylic acids is 2. The zero-order chi connectivity index (χ0) is 18.9. The fraction of sp³-hybridized carbons (Fsp3) is 0.579. The van der Waals surface area contributed by atoms with E-state index in [2.05, 4.69) is 6.92 Å². The molecule has 3 rings (SSSR count). The van der Waals surface area contributed by atoms with Crippen LogP contribution in [0.3, 0.4) is 0 Å². The maximum atomic E-state index is 12.6. The van der Waals surface area contributed by atoms with Crippen LogP contribution in [0.1, 0.15) is 46.9 Å². The molecule has 2 unspecified atom stereocenters. The van der Waals surface area contributed by atoms with Crippen molar-refractivity contribution >= 4 is 21.7 Å². The molecular weight excluding hydrogens is 352 g/mol. The van der Waals surface area contributed by atoms with Gasteiger partial charge in [0.1, 0.15) is 0 Å². The van der Waals surface area contributed by atoms with E-state index in [-0.39, 0.29) is 29.4 Å². The first-order valence-corrected chi connectivity index (χ1v) is 11.0. The van der Waals surface area contributed by atoms with E-state index in [0.29, 0.717) is 23.5 Å². The molecular formula is C19H26N2O4S. The largest absolute Gasteiger partial charge is 0.338 e. The number of likely N-dealkylation sites (tertiary alicyclic amines) is 1. The Hall–Kier alpha value is -1.89. The topological polar surface area (TPSA) is 74.8 Å². The third-order valence-corrected chi connectivity index (χ3v) is 7.15. The average Bonchev–Trinajstić information content (AvgIpc) is 3.00. The molecule has 1 aromatic carbocycles. The summed E-state index contributed by atoms with van der Waals surface area (Å²) in [5, 5.41) is 0. The Kier molecular flexibility index (Phi) is 5.37. The number of benzene rings is 1. The van der Waals surface area contributed by atoms with Crippen LogP contribution in [0.2, 0.25) is 0 Å². The van der Waals surface area contributed by atoms with Crippen molar-refractivity contribution in [3.8, 4) is 0 Å². The van der Waals surface area contributed by atoms with Gasteiger partial charge in [0.05, 0.1) is 11.5 Å². The minimum atomic E-state index is -3.04. The Bertz CT molecular complexity index is 788. The number of carbonyl (C=O) groups is 2. The first-order chi connectivity index (χ1) is 12.3. The van der Waals surface area contributed by atoms with Crippen molar-refractivity contribution in [2.75, 3.05) is 31.6 Å². The Labute approximate surface area is 155 Å². The van der Waals surface area contributed by atoms with Crippen LogP contribution in [0.5, 0.6) is 0 Å². The van der Waals surface area contributed by atoms with Crippen molar-refractivity contribution < 1.29 is 18.0 Å². The van der Waals surface area contributed by atoms with Gasteiger partial charge in [-0.3, -0.25) is 9.59 Å². The Morgan fingerprint density at radius 2 is 1.77 bits per heavy atom. The average molecular weight is 378 g/mol. The second kappa shape index (κ2) is 7.39. The maximum absolute atomic E-state index is 12.6. The van der Waals surface area contributed by atoms with E-state index < -0.39 is 9.84 Å². The van der Waals surface area contributed by atoms with Gasteiger partial charge < -0.3 is 9.80 Å². The van der Waals surface area contributed by atoms with E-state index in [1.807, 2.05) is 4.90 Å². The van der Waals surface area contributed by atoms with Crippen LogP contribution in [0.4, 0.5) is 0 Å². The van der Waals surface area contributed by atoms with Crippen LogP contribution >= 0.6 is 0 Å². The lowest BCUT2D eigenvalue weighted by molar-refractivity contribution is 0.0681. The smallest absolute Gasteiger partial charge is 0.253 e. The van der Waals surface area contributed by atoms with Gasteiger partial charge in [0.25, 0.3) is 11.8 Å². The Balaban J connectivity index is 1.67. The lowest BCUT2D eigenvalue weighted by atomic mass is 9.99. The highest BCUT2D eigenvalue weighted by Gasteiger charge is 2.33. The second-order valence-electron chi connectivity index (χ2n) is 7.55. The molecule has 2 amide bonds. The summed E-state index contributed by atoms with van der Waals surface area (Å²) in [6.07, 6.45) is 2.66. The molecule has 0 radical (unpaired) electrons. The highest BCUT2D eigenvalue weighted by molar-refractivity contribution is 7.91. The number of rotatable bonds is 3. The van der Waals surface area contributed by atoms with Crippen LogP contribution < -0.4 is 0 Å². The fourth-order valence-corrected chi connectivity index (χ4v) is 5.54. The van der Waals surface area contributed by atoms with Gasteiger partial charge >= 0.3 is 0 Å². The van der Waals surface area contributed by atoms with Crippen LogP contribution in [0.25, 0.3) is 0 Å². The summed E-state index contributed by atoms with van der Waals surface area (Å²) < 4.78 is 23.2. The molecule has 6 nitrogen and oxygen atoms in total. The molecule has 0 spiro atoms. The monoisotopic (exact) mass is 378 g/mol. The molecule has 0 bridgehead atoms. The van der Waals surface area contributed by atoms with Crippen molar-refractivity contribution in [2.24, 2.45) is 5.92 Å². The van der Waals surface area contributed by atoms with Crippen LogP contribution in [0, 0.1) is 5.92 Å². The predicted molar refractivity (Wildman–Crippen MR) is 99.9 cm³/mol. The summed E-state index contributed by atoms with van der Waals surface area (Å²) in [5.41, 5.74) is 1.06. The minimum absolute atomic E-state index is 0.00536. The highest BCUT2D eigenvalue weighted by atomic mass is 32.2. The summed E-state index contributed by atoms with van der Waals surface area (Å²) in [5.74, 6) is 0.476. The third kappa shape index (κ3) is 4.09. The number of nitrogens with zero attached hydrogens (tertiary/aromatic N) is 2. The fourth-order valence-electron chi connectivity index (χ4n) is 3.76. The van der Waals surface area contributed by atoms with Crippen molar-refractivity contribution in [1.29, 1.82) is 0 Å². The molecule has 2 fully saturated rings. The first-order valence-electron chi connectivity index (χ1n) is 9.14. The van der Waals surface area contributed by atoms with Gasteiger partial charge in [-0.2, -0.15) is 0 Å².